The van der Waals surface area contributed by atoms with Gasteiger partial charge in [-0.2, -0.15) is 21.4 Å². The Morgan fingerprint density at radius 1 is 1.03 bits per heavy atom. The Labute approximate surface area is 194 Å². The number of rotatable bonds is 9. The van der Waals surface area contributed by atoms with Crippen LogP contribution in [0.1, 0.15) is 32.3 Å². The first-order valence-corrected chi connectivity index (χ1v) is 13.4. The van der Waals surface area contributed by atoms with E-state index in [9.17, 15) is 21.4 Å². The highest BCUT2D eigenvalue weighted by atomic mass is 32.2. The molecule has 2 N–H and O–H groups in total. The Balaban J connectivity index is 1.92. The van der Waals surface area contributed by atoms with Crippen molar-refractivity contribution in [1.29, 1.82) is 0 Å². The quantitative estimate of drug-likeness (QED) is 0.311. The van der Waals surface area contributed by atoms with Crippen molar-refractivity contribution in [2.45, 2.75) is 37.0 Å². The maximum Gasteiger partial charge on any atom is 0.294 e. The summed E-state index contributed by atoms with van der Waals surface area (Å²) in [5.74, 6) is -0.386. The lowest BCUT2D eigenvalue weighted by Crippen LogP contribution is -2.28. The number of nitrogens with zero attached hydrogens (tertiary/aromatic N) is 2. The van der Waals surface area contributed by atoms with Crippen molar-refractivity contribution >= 4 is 43.5 Å². The lowest BCUT2D eigenvalue weighted by Gasteiger charge is -2.16. The van der Waals surface area contributed by atoms with Crippen LogP contribution in [-0.4, -0.2) is 54.7 Å². The van der Waals surface area contributed by atoms with E-state index >= 15 is 0 Å². The zero-order valence-corrected chi connectivity index (χ0v) is 20.1. The van der Waals surface area contributed by atoms with E-state index < -0.39 is 25.7 Å². The summed E-state index contributed by atoms with van der Waals surface area (Å²) in [4.78, 5) is 4.19. The van der Waals surface area contributed by atoms with Gasteiger partial charge in [-0.05, 0) is 38.1 Å². The molecule has 0 amide bonds. The van der Waals surface area contributed by atoms with Gasteiger partial charge in [0.15, 0.2) is 5.71 Å². The molecule has 10 heteroatoms. The maximum absolute atomic E-state index is 11.7. The molecule has 33 heavy (non-hydrogen) atoms. The van der Waals surface area contributed by atoms with Crippen molar-refractivity contribution < 1.29 is 30.5 Å². The molecule has 0 aromatic heterocycles. The second-order valence-corrected chi connectivity index (χ2v) is 11.2. The zero-order chi connectivity index (χ0) is 24.3. The minimum Gasteiger partial charge on any atom is -0.286 e. The SMILES string of the molecule is CC1(C)C(C=CCC=Nc2ccccc2)=[N+](CCCS(=O)(=O)O)c2ccc(S(=O)(=O)O)cc21. The molecule has 0 radical (unpaired) electrons. The molecule has 1 aliphatic heterocycles. The molecule has 0 saturated heterocycles. The van der Waals surface area contributed by atoms with Crippen LogP contribution in [0.4, 0.5) is 11.4 Å². The fourth-order valence-electron chi connectivity index (χ4n) is 3.87. The molecule has 0 aliphatic carbocycles. The number of aliphatic imine (C=N–C) groups is 1. The van der Waals surface area contributed by atoms with Crippen LogP contribution in [0.25, 0.3) is 0 Å². The van der Waals surface area contributed by atoms with E-state index in [0.29, 0.717) is 18.5 Å². The summed E-state index contributed by atoms with van der Waals surface area (Å²) >= 11 is 0. The molecule has 0 fully saturated rings. The van der Waals surface area contributed by atoms with Crippen molar-refractivity contribution in [2.24, 2.45) is 4.99 Å². The number of allylic oxidation sites excluding steroid dienone is 2. The fourth-order valence-corrected chi connectivity index (χ4v) is 4.87. The highest BCUT2D eigenvalue weighted by Gasteiger charge is 2.44. The summed E-state index contributed by atoms with van der Waals surface area (Å²) in [6, 6.07) is 13.9. The van der Waals surface area contributed by atoms with Gasteiger partial charge in [0.2, 0.25) is 5.69 Å². The third-order valence-corrected chi connectivity index (χ3v) is 7.11. The lowest BCUT2D eigenvalue weighted by molar-refractivity contribution is -0.437. The molecule has 2 aromatic rings. The van der Waals surface area contributed by atoms with E-state index in [4.69, 9.17) is 4.55 Å². The predicted molar refractivity (Wildman–Crippen MR) is 128 cm³/mol. The van der Waals surface area contributed by atoms with Gasteiger partial charge < -0.3 is 0 Å². The van der Waals surface area contributed by atoms with Crippen molar-refractivity contribution in [3.63, 3.8) is 0 Å². The van der Waals surface area contributed by atoms with Crippen molar-refractivity contribution in [2.75, 3.05) is 12.3 Å². The fraction of sp³-hybridized carbons (Fsp3) is 0.304. The van der Waals surface area contributed by atoms with E-state index in [-0.39, 0.29) is 17.1 Å². The van der Waals surface area contributed by atoms with Crippen LogP contribution in [0.5, 0.6) is 0 Å². The summed E-state index contributed by atoms with van der Waals surface area (Å²) < 4.78 is 66.2. The van der Waals surface area contributed by atoms with Crippen LogP contribution in [-0.2, 0) is 25.7 Å². The first-order valence-electron chi connectivity index (χ1n) is 10.4. The summed E-state index contributed by atoms with van der Waals surface area (Å²) in [6.07, 6.45) is 6.36. The molecule has 0 atom stereocenters. The van der Waals surface area contributed by atoms with Gasteiger partial charge in [-0.3, -0.25) is 14.1 Å². The van der Waals surface area contributed by atoms with Crippen LogP contribution in [0.3, 0.4) is 0 Å². The Morgan fingerprint density at radius 2 is 1.73 bits per heavy atom. The molecular formula is C23H27N2O6S2+. The van der Waals surface area contributed by atoms with E-state index in [0.717, 1.165) is 17.1 Å². The molecule has 1 aliphatic rings. The van der Waals surface area contributed by atoms with Gasteiger partial charge in [-0.25, -0.2) is 0 Å². The molecule has 3 rings (SSSR count). The Bertz CT molecular complexity index is 1330. The molecule has 0 spiro atoms. The van der Waals surface area contributed by atoms with E-state index in [1.807, 2.05) is 60.9 Å². The van der Waals surface area contributed by atoms with Crippen molar-refractivity contribution in [3.05, 3.63) is 66.2 Å². The third-order valence-electron chi connectivity index (χ3n) is 5.46. The van der Waals surface area contributed by atoms with Crippen LogP contribution in [0, 0.1) is 0 Å². The van der Waals surface area contributed by atoms with Crippen molar-refractivity contribution in [1.82, 2.24) is 0 Å². The molecule has 8 nitrogen and oxygen atoms in total. The maximum atomic E-state index is 11.7. The number of fused-ring (bicyclic) bond motifs is 1. The minimum absolute atomic E-state index is 0.182. The first-order chi connectivity index (χ1) is 15.4. The van der Waals surface area contributed by atoms with Gasteiger partial charge in [0.1, 0.15) is 6.54 Å². The summed E-state index contributed by atoms with van der Waals surface area (Å²) in [5, 5.41) is 0. The minimum atomic E-state index is -4.37. The predicted octanol–water partition coefficient (Wildman–Crippen LogP) is 3.94. The van der Waals surface area contributed by atoms with E-state index in [1.54, 1.807) is 12.3 Å². The summed E-state index contributed by atoms with van der Waals surface area (Å²) in [5.41, 5.74) is 2.49. The summed E-state index contributed by atoms with van der Waals surface area (Å²) in [6.45, 7) is 4.17. The molecule has 0 unspecified atom stereocenters. The van der Waals surface area contributed by atoms with Gasteiger partial charge in [0.25, 0.3) is 20.2 Å². The number of para-hydroxylation sites is 1. The first kappa shape index (κ1) is 25.0. The van der Waals surface area contributed by atoms with Crippen molar-refractivity contribution in [3.8, 4) is 0 Å². The second-order valence-electron chi connectivity index (χ2n) is 8.24. The normalized spacial score (nSPS) is 16.1. The molecule has 1 heterocycles. The Morgan fingerprint density at radius 3 is 2.36 bits per heavy atom. The van der Waals surface area contributed by atoms with Gasteiger partial charge >= 0.3 is 0 Å². The highest BCUT2D eigenvalue weighted by molar-refractivity contribution is 7.86. The zero-order valence-electron chi connectivity index (χ0n) is 18.4. The lowest BCUT2D eigenvalue weighted by atomic mass is 9.81. The third kappa shape index (κ3) is 6.23. The topological polar surface area (TPSA) is 124 Å². The monoisotopic (exact) mass is 491 g/mol. The average molecular weight is 492 g/mol. The molecule has 2 aromatic carbocycles. The highest BCUT2D eigenvalue weighted by Crippen LogP contribution is 2.41. The van der Waals surface area contributed by atoms with Crippen LogP contribution < -0.4 is 0 Å². The van der Waals surface area contributed by atoms with Gasteiger partial charge in [0, 0.05) is 36.8 Å². The largest absolute Gasteiger partial charge is 0.294 e. The van der Waals surface area contributed by atoms with Gasteiger partial charge in [0.05, 0.1) is 21.8 Å². The summed E-state index contributed by atoms with van der Waals surface area (Å²) in [7, 11) is -8.47. The molecule has 0 saturated carbocycles. The van der Waals surface area contributed by atoms with Gasteiger partial charge in [-0.15, -0.1) is 0 Å². The van der Waals surface area contributed by atoms with Crippen LogP contribution in [0.2, 0.25) is 0 Å². The Kier molecular flexibility index (Phi) is 7.32. The molecule has 176 valence electrons. The Hall–Kier alpha value is -2.66. The number of benzene rings is 2. The second kappa shape index (κ2) is 9.68. The van der Waals surface area contributed by atoms with Crippen LogP contribution in [0.15, 0.2) is 70.6 Å². The standard InChI is InChI=1S/C23H26N2O6S2/c1-23(2)20-17-19(33(29,30)31)12-13-21(20)25(15-8-16-32(26,27)28)22(23)11-6-7-14-24-18-9-4-3-5-10-18/h3-6,9-14,17H,7-8,15-16H2,1-2H3,(H-,26,27,28,29,30,31)/p+1. The smallest absolute Gasteiger partial charge is 0.286 e. The van der Waals surface area contributed by atoms with E-state index in [2.05, 4.69) is 4.99 Å². The average Bonchev–Trinajstić information content (AvgIpc) is 2.93. The van der Waals surface area contributed by atoms with Crippen LogP contribution >= 0.6 is 0 Å². The molecule has 0 bridgehead atoms. The van der Waals surface area contributed by atoms with Gasteiger partial charge in [-0.1, -0.05) is 24.3 Å². The number of hydrogen-bond acceptors (Lipinski definition) is 5. The van der Waals surface area contributed by atoms with E-state index in [1.165, 1.54) is 12.1 Å². The molecular weight excluding hydrogens is 464 g/mol. The number of hydrogen-bond donors (Lipinski definition) is 2.